The van der Waals surface area contributed by atoms with Crippen LogP contribution in [-0.4, -0.2) is 11.1 Å². The molecule has 94 valence electrons. The van der Waals surface area contributed by atoms with E-state index in [0.29, 0.717) is 16.5 Å². The summed E-state index contributed by atoms with van der Waals surface area (Å²) in [5.41, 5.74) is 0.813. The Morgan fingerprint density at radius 2 is 2.06 bits per heavy atom. The normalized spacial score (nSPS) is 12.3. The summed E-state index contributed by atoms with van der Waals surface area (Å²) in [7, 11) is 0. The number of rotatable bonds is 4. The Kier molecular flexibility index (Phi) is 3.72. The fourth-order valence-electron chi connectivity index (χ4n) is 1.79. The van der Waals surface area contributed by atoms with E-state index in [1.165, 1.54) is 0 Å². The van der Waals surface area contributed by atoms with Crippen LogP contribution in [-0.2, 0) is 4.79 Å². The zero-order valence-electron chi connectivity index (χ0n) is 9.89. The van der Waals surface area contributed by atoms with Crippen LogP contribution < -0.4 is 0 Å². The molecule has 0 bridgehead atoms. The highest BCUT2D eigenvalue weighted by molar-refractivity contribution is 6.33. The number of hydrogen-bond acceptors (Lipinski definition) is 2. The number of benzene rings is 1. The van der Waals surface area contributed by atoms with E-state index in [1.54, 1.807) is 12.1 Å². The zero-order chi connectivity index (χ0) is 13.1. The second kappa shape index (κ2) is 5.27. The third kappa shape index (κ3) is 2.74. The summed E-state index contributed by atoms with van der Waals surface area (Å²) in [4.78, 5) is 10.7. The molecular formula is C14H13ClO3. The van der Waals surface area contributed by atoms with Gasteiger partial charge in [-0.05, 0) is 24.3 Å². The van der Waals surface area contributed by atoms with Crippen LogP contribution in [0.5, 0.6) is 0 Å². The summed E-state index contributed by atoms with van der Waals surface area (Å²) in [5, 5.41) is 9.37. The SMILES string of the molecule is CC(CC(=O)O)c1ccc(-c2ccccc2Cl)o1. The average Bonchev–Trinajstić information content (AvgIpc) is 2.78. The van der Waals surface area contributed by atoms with Crippen LogP contribution in [0.15, 0.2) is 40.8 Å². The standard InChI is InChI=1S/C14H13ClO3/c1-9(8-14(16)17)12-6-7-13(18-12)10-4-2-3-5-11(10)15/h2-7,9H,8H2,1H3,(H,16,17). The monoisotopic (exact) mass is 264 g/mol. The van der Waals surface area contributed by atoms with Gasteiger partial charge >= 0.3 is 5.97 Å². The van der Waals surface area contributed by atoms with Gasteiger partial charge in [0.15, 0.2) is 0 Å². The maximum atomic E-state index is 10.7. The van der Waals surface area contributed by atoms with Gasteiger partial charge < -0.3 is 9.52 Å². The van der Waals surface area contributed by atoms with Gasteiger partial charge in [-0.25, -0.2) is 0 Å². The quantitative estimate of drug-likeness (QED) is 0.901. The molecule has 4 heteroatoms. The van der Waals surface area contributed by atoms with Gasteiger partial charge in [-0.3, -0.25) is 4.79 Å². The fraction of sp³-hybridized carbons (Fsp3) is 0.214. The lowest BCUT2D eigenvalue weighted by Crippen LogP contribution is -2.01. The Labute approximate surface area is 110 Å². The summed E-state index contributed by atoms with van der Waals surface area (Å²) in [5.74, 6) is 0.331. The Balaban J connectivity index is 2.26. The van der Waals surface area contributed by atoms with E-state index in [1.807, 2.05) is 31.2 Å². The molecule has 18 heavy (non-hydrogen) atoms. The second-order valence-electron chi connectivity index (χ2n) is 4.18. The molecule has 0 spiro atoms. The van der Waals surface area contributed by atoms with E-state index in [2.05, 4.69) is 0 Å². The first-order valence-electron chi connectivity index (χ1n) is 5.64. The van der Waals surface area contributed by atoms with Crippen LogP contribution in [0.25, 0.3) is 11.3 Å². The lowest BCUT2D eigenvalue weighted by molar-refractivity contribution is -0.137. The molecule has 1 aromatic heterocycles. The second-order valence-corrected chi connectivity index (χ2v) is 4.59. The summed E-state index contributed by atoms with van der Waals surface area (Å²) < 4.78 is 5.67. The van der Waals surface area contributed by atoms with Crippen LogP contribution in [0.1, 0.15) is 25.0 Å². The maximum absolute atomic E-state index is 10.7. The van der Waals surface area contributed by atoms with Crippen molar-refractivity contribution in [1.82, 2.24) is 0 Å². The summed E-state index contributed by atoms with van der Waals surface area (Å²) in [6.45, 7) is 1.82. The summed E-state index contributed by atoms with van der Waals surface area (Å²) in [6, 6.07) is 11.0. The minimum atomic E-state index is -0.835. The molecule has 0 saturated heterocycles. The Bertz CT molecular complexity index is 560. The minimum Gasteiger partial charge on any atom is -0.481 e. The third-order valence-electron chi connectivity index (χ3n) is 2.73. The van der Waals surface area contributed by atoms with Crippen LogP contribution in [0.3, 0.4) is 0 Å². The number of furan rings is 1. The molecule has 0 amide bonds. The molecule has 0 radical (unpaired) electrons. The average molecular weight is 265 g/mol. The molecular weight excluding hydrogens is 252 g/mol. The third-order valence-corrected chi connectivity index (χ3v) is 3.06. The highest BCUT2D eigenvalue weighted by Crippen LogP contribution is 2.31. The molecule has 0 aliphatic rings. The van der Waals surface area contributed by atoms with E-state index in [4.69, 9.17) is 21.1 Å². The van der Waals surface area contributed by atoms with Gasteiger partial charge in [0.2, 0.25) is 0 Å². The molecule has 0 aliphatic heterocycles. The van der Waals surface area contributed by atoms with E-state index in [-0.39, 0.29) is 12.3 Å². The first-order chi connectivity index (χ1) is 8.58. The number of hydrogen-bond donors (Lipinski definition) is 1. The van der Waals surface area contributed by atoms with Gasteiger partial charge in [0, 0.05) is 11.5 Å². The summed E-state index contributed by atoms with van der Waals surface area (Å²) >= 11 is 6.08. The van der Waals surface area contributed by atoms with Gasteiger partial charge in [0.05, 0.1) is 11.4 Å². The smallest absolute Gasteiger partial charge is 0.304 e. The van der Waals surface area contributed by atoms with E-state index < -0.39 is 5.97 Å². The lowest BCUT2D eigenvalue weighted by atomic mass is 10.1. The Hall–Kier alpha value is -1.74. The zero-order valence-corrected chi connectivity index (χ0v) is 10.6. The number of aliphatic carboxylic acids is 1. The maximum Gasteiger partial charge on any atom is 0.304 e. The number of carboxylic acids is 1. The van der Waals surface area contributed by atoms with Gasteiger partial charge in [0.1, 0.15) is 11.5 Å². The van der Waals surface area contributed by atoms with Gasteiger partial charge in [-0.1, -0.05) is 30.7 Å². The van der Waals surface area contributed by atoms with Crippen molar-refractivity contribution in [1.29, 1.82) is 0 Å². The molecule has 0 fully saturated rings. The molecule has 0 aliphatic carbocycles. The van der Waals surface area contributed by atoms with Gasteiger partial charge in [-0.2, -0.15) is 0 Å². The van der Waals surface area contributed by atoms with Gasteiger partial charge in [-0.15, -0.1) is 0 Å². The Morgan fingerprint density at radius 1 is 1.33 bits per heavy atom. The molecule has 1 heterocycles. The van der Waals surface area contributed by atoms with Crippen molar-refractivity contribution in [2.45, 2.75) is 19.3 Å². The molecule has 2 aromatic rings. The molecule has 1 unspecified atom stereocenters. The first-order valence-corrected chi connectivity index (χ1v) is 6.02. The fourth-order valence-corrected chi connectivity index (χ4v) is 2.01. The van der Waals surface area contributed by atoms with Crippen molar-refractivity contribution in [2.75, 3.05) is 0 Å². The summed E-state index contributed by atoms with van der Waals surface area (Å²) in [6.07, 6.45) is 0.0511. The molecule has 0 saturated carbocycles. The predicted octanol–water partition coefficient (Wildman–Crippen LogP) is 4.18. The van der Waals surface area contributed by atoms with Crippen molar-refractivity contribution >= 4 is 17.6 Å². The van der Waals surface area contributed by atoms with Gasteiger partial charge in [0.25, 0.3) is 0 Å². The lowest BCUT2D eigenvalue weighted by Gasteiger charge is -2.05. The molecule has 2 rings (SSSR count). The highest BCUT2D eigenvalue weighted by Gasteiger charge is 2.15. The van der Waals surface area contributed by atoms with Crippen LogP contribution >= 0.6 is 11.6 Å². The minimum absolute atomic E-state index is 0.0511. The number of carbonyl (C=O) groups is 1. The predicted molar refractivity (Wildman–Crippen MR) is 69.8 cm³/mol. The first kappa shape index (κ1) is 12.7. The van der Waals surface area contributed by atoms with Crippen molar-refractivity contribution < 1.29 is 14.3 Å². The van der Waals surface area contributed by atoms with E-state index in [0.717, 1.165) is 5.56 Å². The van der Waals surface area contributed by atoms with E-state index in [9.17, 15) is 4.79 Å². The topological polar surface area (TPSA) is 50.4 Å². The van der Waals surface area contributed by atoms with Crippen molar-refractivity contribution in [3.8, 4) is 11.3 Å². The molecule has 3 nitrogen and oxygen atoms in total. The molecule has 1 atom stereocenters. The van der Waals surface area contributed by atoms with Crippen LogP contribution in [0.4, 0.5) is 0 Å². The number of carboxylic acid groups (broad SMARTS) is 1. The van der Waals surface area contributed by atoms with Crippen molar-refractivity contribution in [3.05, 3.63) is 47.2 Å². The van der Waals surface area contributed by atoms with E-state index >= 15 is 0 Å². The molecule has 1 N–H and O–H groups in total. The largest absolute Gasteiger partial charge is 0.481 e. The Morgan fingerprint density at radius 3 is 2.72 bits per heavy atom. The van der Waals surface area contributed by atoms with Crippen molar-refractivity contribution in [2.24, 2.45) is 0 Å². The van der Waals surface area contributed by atoms with Crippen molar-refractivity contribution in [3.63, 3.8) is 0 Å². The van der Waals surface area contributed by atoms with Crippen LogP contribution in [0, 0.1) is 0 Å². The molecule has 1 aromatic carbocycles. The van der Waals surface area contributed by atoms with Crippen LogP contribution in [0.2, 0.25) is 5.02 Å². The number of halogens is 1. The highest BCUT2D eigenvalue weighted by atomic mass is 35.5.